The second-order valence-corrected chi connectivity index (χ2v) is 9.08. The number of fused-ring (bicyclic) bond motifs is 1. The van der Waals surface area contributed by atoms with Crippen molar-refractivity contribution in [1.29, 1.82) is 0 Å². The number of likely N-dealkylation sites (tertiary alicyclic amines) is 1. The van der Waals surface area contributed by atoms with Crippen LogP contribution >= 0.6 is 0 Å². The highest BCUT2D eigenvalue weighted by atomic mass is 16.5. The molecule has 164 valence electrons. The highest BCUT2D eigenvalue weighted by Crippen LogP contribution is 2.32. The van der Waals surface area contributed by atoms with Crippen molar-refractivity contribution in [1.82, 2.24) is 19.8 Å². The molecule has 2 fully saturated rings. The van der Waals surface area contributed by atoms with Crippen LogP contribution in [0.2, 0.25) is 0 Å². The van der Waals surface area contributed by atoms with Crippen molar-refractivity contribution in [3.8, 4) is 5.75 Å². The summed E-state index contributed by atoms with van der Waals surface area (Å²) in [4.78, 5) is 37.6. The first kappa shape index (κ1) is 20.2. The zero-order valence-corrected chi connectivity index (χ0v) is 18.1. The van der Waals surface area contributed by atoms with Gasteiger partial charge in [0.15, 0.2) is 0 Å². The van der Waals surface area contributed by atoms with E-state index in [2.05, 4.69) is 22.0 Å². The van der Waals surface area contributed by atoms with E-state index in [4.69, 9.17) is 9.72 Å². The van der Waals surface area contributed by atoms with Crippen molar-refractivity contribution in [3.63, 3.8) is 0 Å². The Hall–Kier alpha value is -2.67. The molecule has 1 aromatic carbocycles. The predicted molar refractivity (Wildman–Crippen MR) is 117 cm³/mol. The number of aromatic nitrogens is 2. The van der Waals surface area contributed by atoms with Gasteiger partial charge in [0.2, 0.25) is 5.91 Å². The van der Waals surface area contributed by atoms with Gasteiger partial charge in [0.1, 0.15) is 11.6 Å². The third kappa shape index (κ3) is 4.11. The maximum absolute atomic E-state index is 12.7. The molecule has 1 aromatic heterocycles. The number of nitrogens with zero attached hydrogens (tertiary/aromatic N) is 3. The lowest BCUT2D eigenvalue weighted by atomic mass is 9.84. The molecule has 1 N–H and O–H groups in total. The molecule has 2 aliphatic heterocycles. The summed E-state index contributed by atoms with van der Waals surface area (Å²) in [7, 11) is 1.67. The van der Waals surface area contributed by atoms with Gasteiger partial charge in [-0.2, -0.15) is 0 Å². The summed E-state index contributed by atoms with van der Waals surface area (Å²) in [5, 5.41) is 0. The molecule has 1 unspecified atom stereocenters. The number of aromatic amines is 1. The Kier molecular flexibility index (Phi) is 5.52. The average molecular weight is 423 g/mol. The van der Waals surface area contributed by atoms with Crippen LogP contribution in [0.5, 0.6) is 5.75 Å². The number of nitrogens with one attached hydrogen (secondary N) is 1. The first-order chi connectivity index (χ1) is 15.1. The summed E-state index contributed by atoms with van der Waals surface area (Å²) in [6, 6.07) is 8.12. The van der Waals surface area contributed by atoms with Crippen molar-refractivity contribution in [3.05, 3.63) is 57.3 Å². The van der Waals surface area contributed by atoms with Gasteiger partial charge in [0.05, 0.1) is 12.8 Å². The van der Waals surface area contributed by atoms with Gasteiger partial charge in [-0.05, 0) is 43.4 Å². The fourth-order valence-electron chi connectivity index (χ4n) is 4.93. The third-order valence-electron chi connectivity index (χ3n) is 7.08. The Balaban J connectivity index is 1.28. The average Bonchev–Trinajstić information content (AvgIpc) is 3.23. The van der Waals surface area contributed by atoms with Crippen LogP contribution in [0.15, 0.2) is 29.1 Å². The summed E-state index contributed by atoms with van der Waals surface area (Å²) >= 11 is 0. The molecule has 3 aliphatic rings. The van der Waals surface area contributed by atoms with Gasteiger partial charge in [-0.25, -0.2) is 4.98 Å². The van der Waals surface area contributed by atoms with Crippen LogP contribution in [-0.2, 0) is 24.3 Å². The number of methoxy groups -OCH3 is 1. The summed E-state index contributed by atoms with van der Waals surface area (Å²) in [5.41, 5.74) is 2.92. The van der Waals surface area contributed by atoms with Gasteiger partial charge in [-0.3, -0.25) is 14.5 Å². The number of hydrogen-bond donors (Lipinski definition) is 1. The molecule has 1 saturated carbocycles. The molecule has 0 radical (unpaired) electrons. The molecule has 31 heavy (non-hydrogen) atoms. The Labute approximate surface area is 182 Å². The minimum atomic E-state index is -0.00660. The molecule has 1 amide bonds. The maximum Gasteiger partial charge on any atom is 0.254 e. The molecular formula is C24H30N4O3. The van der Waals surface area contributed by atoms with Crippen LogP contribution in [0.4, 0.5) is 0 Å². The number of carbonyl (C=O) groups is 1. The van der Waals surface area contributed by atoms with Gasteiger partial charge in [-0.1, -0.05) is 18.6 Å². The maximum atomic E-state index is 12.7. The van der Waals surface area contributed by atoms with Crippen LogP contribution in [-0.4, -0.2) is 52.4 Å². The van der Waals surface area contributed by atoms with Crippen LogP contribution in [0.25, 0.3) is 0 Å². The van der Waals surface area contributed by atoms with Crippen molar-refractivity contribution in [2.45, 2.75) is 51.1 Å². The first-order valence-electron chi connectivity index (χ1n) is 11.4. The van der Waals surface area contributed by atoms with Gasteiger partial charge in [0, 0.05) is 50.1 Å². The lowest BCUT2D eigenvalue weighted by Crippen LogP contribution is -2.38. The minimum absolute atomic E-state index is 0.00660. The second-order valence-electron chi connectivity index (χ2n) is 9.08. The largest absolute Gasteiger partial charge is 0.497 e. The summed E-state index contributed by atoms with van der Waals surface area (Å²) in [5.74, 6) is 2.24. The van der Waals surface area contributed by atoms with Gasteiger partial charge in [-0.15, -0.1) is 0 Å². The second kappa shape index (κ2) is 8.46. The van der Waals surface area contributed by atoms with Gasteiger partial charge in [0.25, 0.3) is 5.56 Å². The topological polar surface area (TPSA) is 78.5 Å². The Morgan fingerprint density at radius 3 is 2.71 bits per heavy atom. The van der Waals surface area contributed by atoms with E-state index in [-0.39, 0.29) is 17.4 Å². The highest BCUT2D eigenvalue weighted by Gasteiger charge is 2.35. The fraction of sp³-hybridized carbons (Fsp3) is 0.542. The van der Waals surface area contributed by atoms with E-state index >= 15 is 0 Å². The smallest absolute Gasteiger partial charge is 0.254 e. The zero-order valence-electron chi connectivity index (χ0n) is 18.1. The molecule has 0 spiro atoms. The van der Waals surface area contributed by atoms with E-state index < -0.39 is 0 Å². The summed E-state index contributed by atoms with van der Waals surface area (Å²) < 4.78 is 5.24. The first-order valence-corrected chi connectivity index (χ1v) is 11.4. The molecule has 7 nitrogen and oxygen atoms in total. The van der Waals surface area contributed by atoms with E-state index in [1.54, 1.807) is 7.11 Å². The minimum Gasteiger partial charge on any atom is -0.497 e. The van der Waals surface area contributed by atoms with Crippen LogP contribution in [0, 0.1) is 5.92 Å². The number of hydrogen-bond acceptors (Lipinski definition) is 5. The number of ether oxygens (including phenoxy) is 1. The monoisotopic (exact) mass is 422 g/mol. The number of rotatable bonds is 5. The molecule has 2 aromatic rings. The lowest BCUT2D eigenvalue weighted by Gasteiger charge is -2.29. The normalized spacial score (nSPS) is 21.6. The van der Waals surface area contributed by atoms with Crippen LogP contribution < -0.4 is 10.3 Å². The molecule has 1 saturated heterocycles. The zero-order chi connectivity index (χ0) is 21.4. The van der Waals surface area contributed by atoms with Crippen molar-refractivity contribution in [2.24, 2.45) is 5.92 Å². The number of amides is 1. The predicted octanol–water partition coefficient (Wildman–Crippen LogP) is 2.45. The lowest BCUT2D eigenvalue weighted by molar-refractivity contribution is -0.137. The SMILES string of the molecule is COc1ccc(CN2CCc3c(nc(C4CCN(C(=O)C5CCC5)C4)[nH]c3=O)C2)cc1. The van der Waals surface area contributed by atoms with E-state index in [1.165, 1.54) is 12.0 Å². The van der Waals surface area contributed by atoms with Crippen LogP contribution in [0.1, 0.15) is 54.2 Å². The molecule has 5 rings (SSSR count). The van der Waals surface area contributed by atoms with E-state index in [9.17, 15) is 9.59 Å². The molecular weight excluding hydrogens is 392 g/mol. The molecule has 1 atom stereocenters. The van der Waals surface area contributed by atoms with E-state index in [0.29, 0.717) is 25.4 Å². The van der Waals surface area contributed by atoms with E-state index in [0.717, 1.165) is 61.7 Å². The van der Waals surface area contributed by atoms with Crippen molar-refractivity contribution in [2.75, 3.05) is 26.7 Å². The molecule has 0 bridgehead atoms. The molecule has 3 heterocycles. The Morgan fingerprint density at radius 1 is 1.19 bits per heavy atom. The highest BCUT2D eigenvalue weighted by molar-refractivity contribution is 5.80. The van der Waals surface area contributed by atoms with Crippen molar-refractivity contribution < 1.29 is 9.53 Å². The molecule has 7 heteroatoms. The van der Waals surface area contributed by atoms with E-state index in [1.807, 2.05) is 17.0 Å². The van der Waals surface area contributed by atoms with Gasteiger partial charge < -0.3 is 14.6 Å². The number of benzene rings is 1. The third-order valence-corrected chi connectivity index (χ3v) is 7.08. The fourth-order valence-corrected chi connectivity index (χ4v) is 4.93. The Morgan fingerprint density at radius 2 is 2.00 bits per heavy atom. The Bertz CT molecular complexity index is 1010. The number of H-pyrrole nitrogens is 1. The molecule has 1 aliphatic carbocycles. The number of carbonyl (C=O) groups excluding carboxylic acids is 1. The quantitative estimate of drug-likeness (QED) is 0.801. The van der Waals surface area contributed by atoms with Crippen molar-refractivity contribution >= 4 is 5.91 Å². The van der Waals surface area contributed by atoms with Gasteiger partial charge >= 0.3 is 0 Å². The summed E-state index contributed by atoms with van der Waals surface area (Å²) in [6.45, 7) is 3.78. The summed E-state index contributed by atoms with van der Waals surface area (Å²) in [6.07, 6.45) is 4.80. The standard InChI is InChI=1S/C24H30N4O3/c1-31-19-7-5-16(6-8-19)13-27-11-10-20-21(15-27)25-22(26-23(20)29)18-9-12-28(14-18)24(30)17-3-2-4-17/h5-8,17-18H,2-4,9-15H2,1H3,(H,25,26,29). The van der Waals surface area contributed by atoms with Crippen LogP contribution in [0.3, 0.4) is 0 Å².